The summed E-state index contributed by atoms with van der Waals surface area (Å²) in [4.78, 5) is 23.3. The maximum absolute atomic E-state index is 10.7. The molecule has 0 bridgehead atoms. The number of hydrogen-bond acceptors (Lipinski definition) is 4. The van der Waals surface area contributed by atoms with Gasteiger partial charge in [0.1, 0.15) is 0 Å². The Labute approximate surface area is 148 Å². The summed E-state index contributed by atoms with van der Waals surface area (Å²) in [5, 5.41) is 17.6. The van der Waals surface area contributed by atoms with Crippen LogP contribution in [0.4, 0.5) is 0 Å². The minimum Gasteiger partial charge on any atom is -1.00 e. The van der Waals surface area contributed by atoms with Crippen LogP contribution < -0.4 is 0 Å². The van der Waals surface area contributed by atoms with Gasteiger partial charge < -0.3 is 13.1 Å². The number of aromatic carboxylic acids is 2. The van der Waals surface area contributed by atoms with Crippen molar-refractivity contribution in [3.8, 4) is 0 Å². The Kier molecular flexibility index (Phi) is 7.10. The van der Waals surface area contributed by atoms with E-state index in [2.05, 4.69) is 0 Å². The number of rotatable bonds is 5. The number of carboxylic acids is 2. The Morgan fingerprint density at radius 2 is 1.00 bits per heavy atom. The van der Waals surface area contributed by atoms with Crippen LogP contribution in [0.1, 0.15) is 23.6 Å². The van der Waals surface area contributed by atoms with E-state index >= 15 is 0 Å². The van der Waals surface area contributed by atoms with Crippen LogP contribution in [-0.2, 0) is 0 Å². The summed E-state index contributed by atoms with van der Waals surface area (Å²) >= 11 is 0. The third-order valence-electron chi connectivity index (χ3n) is 2.44. The summed E-state index contributed by atoms with van der Waals surface area (Å²) in [6.07, 6.45) is 0. The molecule has 0 amide bonds. The first-order valence-corrected chi connectivity index (χ1v) is 7.72. The van der Waals surface area contributed by atoms with Gasteiger partial charge in [0.05, 0.1) is 11.1 Å². The first kappa shape index (κ1) is 17.9. The van der Waals surface area contributed by atoms with E-state index in [1.165, 1.54) is 21.6 Å². The molecule has 106 valence electrons. The molecule has 7 heteroatoms. The van der Waals surface area contributed by atoms with Gasteiger partial charge >= 0.3 is 35.0 Å². The molecule has 0 heterocycles. The molecule has 0 aliphatic heterocycles. The molecule has 0 radical (unpaired) electrons. The van der Waals surface area contributed by atoms with Gasteiger partial charge in [-0.3, -0.25) is 0 Å². The van der Waals surface area contributed by atoms with Crippen molar-refractivity contribution in [2.75, 3.05) is 0 Å². The van der Waals surface area contributed by atoms with Crippen molar-refractivity contribution >= 4 is 56.6 Å². The number of carbonyl (C=O) groups is 2. The molecule has 0 aromatic heterocycles. The molecule has 0 saturated carbocycles. The van der Waals surface area contributed by atoms with Crippen LogP contribution in [0.5, 0.6) is 0 Å². The molecule has 0 spiro atoms. The minimum absolute atomic E-state index is 0. The van der Waals surface area contributed by atoms with E-state index in [9.17, 15) is 9.59 Å². The van der Waals surface area contributed by atoms with Crippen molar-refractivity contribution in [3.63, 3.8) is 0 Å². The predicted molar refractivity (Wildman–Crippen MR) is 86.5 cm³/mol. The van der Waals surface area contributed by atoms with E-state index in [1.54, 1.807) is 48.5 Å². The van der Waals surface area contributed by atoms with Crippen LogP contribution in [0.15, 0.2) is 58.3 Å². The number of benzene rings is 2. The van der Waals surface area contributed by atoms with Crippen LogP contribution in [0, 0.1) is 0 Å². The molecule has 21 heavy (non-hydrogen) atoms. The second-order valence-electron chi connectivity index (χ2n) is 3.83. The molecule has 2 aromatic rings. The summed E-state index contributed by atoms with van der Waals surface area (Å²) in [5.74, 6) is -1.89. The summed E-state index contributed by atoms with van der Waals surface area (Å²) in [5.41, 5.74) is 0.510. The van der Waals surface area contributed by atoms with E-state index in [1.807, 2.05) is 0 Å². The molecule has 2 aromatic carbocycles. The third-order valence-corrected chi connectivity index (χ3v) is 4.85. The molecule has 0 atom stereocenters. The van der Waals surface area contributed by atoms with Gasteiger partial charge in [-0.2, -0.15) is 0 Å². The summed E-state index contributed by atoms with van der Waals surface area (Å²) in [6, 6.07) is 13.2. The van der Waals surface area contributed by atoms with Gasteiger partial charge in [0.2, 0.25) is 0 Å². The number of carboxylic acid groups (broad SMARTS) is 2. The number of hydrogen-bond donors (Lipinski definition) is 2. The van der Waals surface area contributed by atoms with Crippen molar-refractivity contribution in [2.24, 2.45) is 0 Å². The van der Waals surface area contributed by atoms with Crippen molar-refractivity contribution < 1.29 is 22.7 Å². The van der Waals surface area contributed by atoms with Gasteiger partial charge in [-0.25, -0.2) is 9.59 Å². The van der Waals surface area contributed by atoms with Crippen LogP contribution >= 0.6 is 21.6 Å². The molecular weight excluding hydrogens is 321 g/mol. The van der Waals surface area contributed by atoms with Gasteiger partial charge in [0.15, 0.2) is 0 Å². The molecule has 0 unspecified atom stereocenters. The van der Waals surface area contributed by atoms with Crippen molar-refractivity contribution in [1.29, 1.82) is 0 Å². The second kappa shape index (κ2) is 8.33. The Balaban J connectivity index is 0. The predicted octanol–water partition coefficient (Wildman–Crippen LogP) is 3.73. The van der Waals surface area contributed by atoms with Crippen LogP contribution in [0.2, 0.25) is 0 Å². The Morgan fingerprint density at radius 1 is 0.714 bits per heavy atom. The van der Waals surface area contributed by atoms with Gasteiger partial charge in [0.25, 0.3) is 0 Å². The standard InChI is InChI=1S/C14H10O4S2.Mg.2H/c15-13(16)9-1-5-11(6-2-9)19-20-12-7-3-10(4-8-12)14(17)18;;;/h1-8H,(H,15,16)(H,17,18);;;/q;+2;2*-1. The van der Waals surface area contributed by atoms with Crippen molar-refractivity contribution in [2.45, 2.75) is 9.79 Å². The Morgan fingerprint density at radius 3 is 1.24 bits per heavy atom. The fraction of sp³-hybridized carbons (Fsp3) is 0. The molecule has 0 fully saturated rings. The third kappa shape index (κ3) is 5.27. The van der Waals surface area contributed by atoms with Gasteiger partial charge in [-0.05, 0) is 48.5 Å². The van der Waals surface area contributed by atoms with Crippen molar-refractivity contribution in [1.82, 2.24) is 0 Å². The molecule has 2 rings (SSSR count). The molecule has 2 N–H and O–H groups in total. The fourth-order valence-corrected chi connectivity index (χ4v) is 3.33. The van der Waals surface area contributed by atoms with E-state index in [4.69, 9.17) is 10.2 Å². The zero-order valence-corrected chi connectivity index (χ0v) is 13.9. The first-order valence-electron chi connectivity index (χ1n) is 5.57. The SMILES string of the molecule is O=C(O)c1ccc(SSc2ccc(C(=O)O)cc2)cc1.[H-].[H-].[Mg+2]. The van der Waals surface area contributed by atoms with Gasteiger partial charge in [-0.15, -0.1) is 0 Å². The van der Waals surface area contributed by atoms with E-state index in [-0.39, 0.29) is 37.0 Å². The molecule has 0 saturated heterocycles. The molecular formula is C14H12MgO4S2. The quantitative estimate of drug-likeness (QED) is 0.642. The average molecular weight is 333 g/mol. The van der Waals surface area contributed by atoms with E-state index in [0.717, 1.165) is 9.79 Å². The topological polar surface area (TPSA) is 74.6 Å². The summed E-state index contributed by atoms with van der Waals surface area (Å²) in [7, 11) is 2.97. The monoisotopic (exact) mass is 332 g/mol. The zero-order valence-electron chi connectivity index (χ0n) is 12.9. The maximum atomic E-state index is 10.7. The van der Waals surface area contributed by atoms with E-state index in [0.29, 0.717) is 0 Å². The summed E-state index contributed by atoms with van der Waals surface area (Å²) in [6.45, 7) is 0. The van der Waals surface area contributed by atoms with E-state index < -0.39 is 11.9 Å². The molecule has 4 nitrogen and oxygen atoms in total. The fourth-order valence-electron chi connectivity index (χ4n) is 1.40. The maximum Gasteiger partial charge on any atom is 2.00 e. The second-order valence-corrected chi connectivity index (χ2v) is 6.10. The largest absolute Gasteiger partial charge is 2.00 e. The van der Waals surface area contributed by atoms with Crippen LogP contribution in [0.25, 0.3) is 0 Å². The summed E-state index contributed by atoms with van der Waals surface area (Å²) < 4.78 is 0. The first-order chi connectivity index (χ1) is 9.56. The van der Waals surface area contributed by atoms with Crippen LogP contribution in [0.3, 0.4) is 0 Å². The molecule has 0 aliphatic rings. The smallest absolute Gasteiger partial charge is 1.00 e. The van der Waals surface area contributed by atoms with Gasteiger partial charge in [0, 0.05) is 9.79 Å². The normalized spacial score (nSPS) is 9.71. The average Bonchev–Trinajstić information content (AvgIpc) is 2.46. The van der Waals surface area contributed by atoms with Gasteiger partial charge in [-0.1, -0.05) is 21.6 Å². The Hall–Kier alpha value is -1.15. The van der Waals surface area contributed by atoms with Crippen molar-refractivity contribution in [3.05, 3.63) is 59.7 Å². The Bertz CT molecular complexity index is 579. The minimum atomic E-state index is -0.946. The van der Waals surface area contributed by atoms with Crippen LogP contribution in [-0.4, -0.2) is 45.2 Å². The molecule has 0 aliphatic carbocycles. The zero-order chi connectivity index (χ0) is 14.5.